The van der Waals surface area contributed by atoms with Gasteiger partial charge in [-0.3, -0.25) is 5.32 Å². The van der Waals surface area contributed by atoms with Crippen LogP contribution in [-0.4, -0.2) is 22.3 Å². The number of amides is 2. The van der Waals surface area contributed by atoms with E-state index in [1.807, 2.05) is 13.8 Å². The van der Waals surface area contributed by atoms with E-state index in [1.54, 1.807) is 12.1 Å². The zero-order valence-electron chi connectivity index (χ0n) is 13.1. The Kier molecular flexibility index (Phi) is 5.30. The fourth-order valence-electron chi connectivity index (χ4n) is 1.81. The summed E-state index contributed by atoms with van der Waals surface area (Å²) < 4.78 is 0. The van der Waals surface area contributed by atoms with Gasteiger partial charge in [0, 0.05) is 12.6 Å². The van der Waals surface area contributed by atoms with Crippen molar-refractivity contribution in [3.8, 4) is 0 Å². The van der Waals surface area contributed by atoms with E-state index in [-0.39, 0.29) is 12.1 Å². The zero-order chi connectivity index (χ0) is 15.9. The molecule has 0 saturated heterocycles. The summed E-state index contributed by atoms with van der Waals surface area (Å²) >= 11 is 0. The molecule has 6 nitrogen and oxygen atoms in total. The van der Waals surface area contributed by atoms with Crippen LogP contribution < -0.4 is 16.0 Å². The van der Waals surface area contributed by atoms with Crippen LogP contribution >= 0.6 is 0 Å². The minimum atomic E-state index is -0.287. The lowest BCUT2D eigenvalue weighted by Crippen LogP contribution is -2.34. The van der Waals surface area contributed by atoms with E-state index in [1.165, 1.54) is 11.1 Å². The minimum Gasteiger partial charge on any atom is -0.365 e. The Labute approximate surface area is 130 Å². The van der Waals surface area contributed by atoms with Gasteiger partial charge in [-0.2, -0.15) is 0 Å². The highest BCUT2D eigenvalue weighted by atomic mass is 16.2. The molecule has 3 N–H and O–H groups in total. The number of anilines is 2. The van der Waals surface area contributed by atoms with E-state index in [0.29, 0.717) is 18.2 Å². The summed E-state index contributed by atoms with van der Waals surface area (Å²) in [7, 11) is 0. The second-order valence-corrected chi connectivity index (χ2v) is 5.40. The number of carbonyl (C=O) groups excluding carboxylic acids is 1. The van der Waals surface area contributed by atoms with Gasteiger partial charge in [0.05, 0.1) is 0 Å². The Morgan fingerprint density at radius 1 is 1.05 bits per heavy atom. The molecule has 0 aliphatic rings. The molecule has 0 saturated carbocycles. The van der Waals surface area contributed by atoms with Crippen molar-refractivity contribution in [1.29, 1.82) is 0 Å². The molecular formula is C16H21N5O. The van der Waals surface area contributed by atoms with Gasteiger partial charge in [-0.05, 0) is 38.5 Å². The minimum absolute atomic E-state index is 0.0726. The number of aromatic nitrogens is 2. The molecule has 22 heavy (non-hydrogen) atoms. The summed E-state index contributed by atoms with van der Waals surface area (Å²) in [4.78, 5) is 11.5. The lowest BCUT2D eigenvalue weighted by atomic mass is 10.1. The van der Waals surface area contributed by atoms with Crippen LogP contribution in [0.5, 0.6) is 0 Å². The molecule has 0 aliphatic heterocycles. The van der Waals surface area contributed by atoms with Crippen molar-refractivity contribution < 1.29 is 4.79 Å². The summed E-state index contributed by atoms with van der Waals surface area (Å²) in [5.41, 5.74) is 2.41. The molecule has 0 spiro atoms. The summed E-state index contributed by atoms with van der Waals surface area (Å²) in [6.45, 7) is 6.52. The van der Waals surface area contributed by atoms with E-state index in [9.17, 15) is 4.79 Å². The van der Waals surface area contributed by atoms with Gasteiger partial charge < -0.3 is 10.6 Å². The maximum absolute atomic E-state index is 11.5. The maximum atomic E-state index is 11.5. The molecule has 0 fully saturated rings. The van der Waals surface area contributed by atoms with Crippen LogP contribution in [0.15, 0.2) is 36.4 Å². The Hall–Kier alpha value is -2.63. The number of nitrogens with one attached hydrogen (secondary N) is 3. The van der Waals surface area contributed by atoms with Crippen LogP contribution in [0, 0.1) is 6.92 Å². The number of urea groups is 1. The maximum Gasteiger partial charge on any atom is 0.320 e. The average molecular weight is 299 g/mol. The van der Waals surface area contributed by atoms with Crippen LogP contribution in [0.4, 0.5) is 16.4 Å². The van der Waals surface area contributed by atoms with Crippen LogP contribution in [-0.2, 0) is 6.54 Å². The Morgan fingerprint density at radius 2 is 1.68 bits per heavy atom. The van der Waals surface area contributed by atoms with Gasteiger partial charge in [0.1, 0.15) is 5.82 Å². The molecule has 2 aromatic rings. The van der Waals surface area contributed by atoms with Crippen LogP contribution in [0.25, 0.3) is 0 Å². The van der Waals surface area contributed by atoms with E-state index in [0.717, 1.165) is 0 Å². The monoisotopic (exact) mass is 299 g/mol. The standard InChI is InChI=1S/C16H21N5O/c1-11(2)18-16(22)19-15-9-8-14(20-21-15)17-10-13-6-4-12(3)5-7-13/h4-9,11H,10H2,1-3H3,(H,17,20)(H2,18,19,21,22). The van der Waals surface area contributed by atoms with Crippen molar-refractivity contribution in [2.75, 3.05) is 10.6 Å². The number of rotatable bonds is 5. The SMILES string of the molecule is Cc1ccc(CNc2ccc(NC(=O)NC(C)C)nn2)cc1. The number of carbonyl (C=O) groups is 1. The predicted molar refractivity (Wildman–Crippen MR) is 87.8 cm³/mol. The highest BCUT2D eigenvalue weighted by Gasteiger charge is 2.04. The lowest BCUT2D eigenvalue weighted by Gasteiger charge is -2.09. The first-order valence-electron chi connectivity index (χ1n) is 7.23. The van der Waals surface area contributed by atoms with Gasteiger partial charge in [-0.25, -0.2) is 4.79 Å². The normalized spacial score (nSPS) is 10.4. The van der Waals surface area contributed by atoms with Crippen molar-refractivity contribution in [2.24, 2.45) is 0 Å². The molecule has 0 aliphatic carbocycles. The number of benzene rings is 1. The molecule has 0 radical (unpaired) electrons. The number of hydrogen-bond donors (Lipinski definition) is 3. The van der Waals surface area contributed by atoms with Crippen molar-refractivity contribution in [3.05, 3.63) is 47.5 Å². The lowest BCUT2D eigenvalue weighted by molar-refractivity contribution is 0.250. The molecule has 2 rings (SSSR count). The predicted octanol–water partition coefficient (Wildman–Crippen LogP) is 2.93. The van der Waals surface area contributed by atoms with Crippen molar-refractivity contribution in [1.82, 2.24) is 15.5 Å². The van der Waals surface area contributed by atoms with Crippen molar-refractivity contribution in [2.45, 2.75) is 33.4 Å². The third-order valence-corrected chi connectivity index (χ3v) is 2.92. The van der Waals surface area contributed by atoms with E-state index >= 15 is 0 Å². The smallest absolute Gasteiger partial charge is 0.320 e. The molecule has 2 amide bonds. The molecule has 0 bridgehead atoms. The quantitative estimate of drug-likeness (QED) is 0.793. The van der Waals surface area contributed by atoms with Gasteiger partial charge in [0.25, 0.3) is 0 Å². The average Bonchev–Trinajstić information content (AvgIpc) is 2.47. The molecule has 1 aromatic carbocycles. The first kappa shape index (κ1) is 15.8. The van der Waals surface area contributed by atoms with Gasteiger partial charge in [0.2, 0.25) is 0 Å². The van der Waals surface area contributed by atoms with E-state index < -0.39 is 0 Å². The Balaban J connectivity index is 1.86. The summed E-state index contributed by atoms with van der Waals surface area (Å²) in [6, 6.07) is 11.6. The van der Waals surface area contributed by atoms with Crippen molar-refractivity contribution in [3.63, 3.8) is 0 Å². The Morgan fingerprint density at radius 3 is 2.27 bits per heavy atom. The second kappa shape index (κ2) is 7.40. The summed E-state index contributed by atoms with van der Waals surface area (Å²) in [5.74, 6) is 1.08. The Bertz CT molecular complexity index is 607. The molecule has 0 unspecified atom stereocenters. The van der Waals surface area contributed by atoms with Gasteiger partial charge in [-0.1, -0.05) is 29.8 Å². The molecule has 6 heteroatoms. The fourth-order valence-corrected chi connectivity index (χ4v) is 1.81. The highest BCUT2D eigenvalue weighted by Crippen LogP contribution is 2.09. The first-order chi connectivity index (χ1) is 10.5. The fraction of sp³-hybridized carbons (Fsp3) is 0.312. The van der Waals surface area contributed by atoms with Gasteiger partial charge in [-0.15, -0.1) is 10.2 Å². The van der Waals surface area contributed by atoms with Gasteiger partial charge in [0.15, 0.2) is 5.82 Å². The van der Waals surface area contributed by atoms with Crippen LogP contribution in [0.3, 0.4) is 0 Å². The third kappa shape index (κ3) is 5.05. The molecule has 1 heterocycles. The summed E-state index contributed by atoms with van der Waals surface area (Å²) in [5, 5.41) is 16.6. The molecular weight excluding hydrogens is 278 g/mol. The number of hydrogen-bond acceptors (Lipinski definition) is 4. The van der Waals surface area contributed by atoms with E-state index in [4.69, 9.17) is 0 Å². The zero-order valence-corrected chi connectivity index (χ0v) is 13.1. The van der Waals surface area contributed by atoms with Crippen molar-refractivity contribution >= 4 is 17.7 Å². The number of nitrogens with zero attached hydrogens (tertiary/aromatic N) is 2. The van der Waals surface area contributed by atoms with E-state index in [2.05, 4.69) is 57.3 Å². The largest absolute Gasteiger partial charge is 0.365 e. The molecule has 0 atom stereocenters. The third-order valence-electron chi connectivity index (χ3n) is 2.92. The summed E-state index contributed by atoms with van der Waals surface area (Å²) in [6.07, 6.45) is 0. The molecule has 116 valence electrons. The molecule has 1 aromatic heterocycles. The van der Waals surface area contributed by atoms with Crippen LogP contribution in [0.2, 0.25) is 0 Å². The topological polar surface area (TPSA) is 78.9 Å². The van der Waals surface area contributed by atoms with Crippen LogP contribution in [0.1, 0.15) is 25.0 Å². The highest BCUT2D eigenvalue weighted by molar-refractivity contribution is 5.88. The van der Waals surface area contributed by atoms with Gasteiger partial charge >= 0.3 is 6.03 Å². The number of aryl methyl sites for hydroxylation is 1. The first-order valence-corrected chi connectivity index (χ1v) is 7.23. The second-order valence-electron chi connectivity index (χ2n) is 5.40.